The third kappa shape index (κ3) is 5.72. The van der Waals surface area contributed by atoms with Crippen LogP contribution >= 0.6 is 0 Å². The fourth-order valence-electron chi connectivity index (χ4n) is 1.55. The fraction of sp³-hybridized carbons (Fsp3) is 0.500. The van der Waals surface area contributed by atoms with Crippen molar-refractivity contribution in [3.8, 4) is 0 Å². The molecule has 0 radical (unpaired) electrons. The zero-order valence-corrected chi connectivity index (χ0v) is 11.5. The molecule has 19 heavy (non-hydrogen) atoms. The minimum absolute atomic E-state index is 0.000340. The minimum Gasteiger partial charge on any atom is -0.399 e. The molecule has 0 aliphatic heterocycles. The third-order valence-corrected chi connectivity index (χ3v) is 2.78. The monoisotopic (exact) mass is 265 g/mol. The van der Waals surface area contributed by atoms with Gasteiger partial charge in [0.15, 0.2) is 0 Å². The van der Waals surface area contributed by atoms with Gasteiger partial charge in [-0.25, -0.2) is 0 Å². The Morgan fingerprint density at radius 2 is 1.89 bits per heavy atom. The van der Waals surface area contributed by atoms with Crippen molar-refractivity contribution in [2.75, 3.05) is 25.4 Å². The number of amides is 1. The molecule has 1 aromatic rings. The van der Waals surface area contributed by atoms with Gasteiger partial charge in [0.1, 0.15) is 0 Å². The molecule has 0 saturated carbocycles. The van der Waals surface area contributed by atoms with Gasteiger partial charge in [-0.2, -0.15) is 0 Å². The van der Waals surface area contributed by atoms with Crippen LogP contribution in [-0.4, -0.2) is 30.6 Å². The topological polar surface area (TPSA) is 87.4 Å². The first-order valence-electron chi connectivity index (χ1n) is 6.52. The maximum absolute atomic E-state index is 11.3. The van der Waals surface area contributed by atoms with Crippen molar-refractivity contribution >= 4 is 11.6 Å². The number of nitrogen functional groups attached to an aromatic ring is 1. The second-order valence-corrected chi connectivity index (χ2v) is 4.83. The Hall–Kier alpha value is -1.59. The molecule has 1 aromatic carbocycles. The van der Waals surface area contributed by atoms with E-state index in [1.54, 1.807) is 12.1 Å². The lowest BCUT2D eigenvalue weighted by Crippen LogP contribution is -2.35. The van der Waals surface area contributed by atoms with Gasteiger partial charge in [0.05, 0.1) is 6.10 Å². The molecule has 5 N–H and O–H groups in total. The van der Waals surface area contributed by atoms with Crippen LogP contribution in [0.1, 0.15) is 25.5 Å². The van der Waals surface area contributed by atoms with E-state index in [0.29, 0.717) is 25.3 Å². The summed E-state index contributed by atoms with van der Waals surface area (Å²) < 4.78 is 0. The van der Waals surface area contributed by atoms with E-state index in [0.717, 1.165) is 5.56 Å². The van der Waals surface area contributed by atoms with E-state index < -0.39 is 6.10 Å². The summed E-state index contributed by atoms with van der Waals surface area (Å²) in [6.07, 6.45) is -0.568. The number of nitrogens with one attached hydrogen (secondary N) is 2. The molecule has 0 saturated heterocycles. The summed E-state index contributed by atoms with van der Waals surface area (Å²) in [6.45, 7) is 5.35. The zero-order valence-electron chi connectivity index (χ0n) is 11.5. The number of benzene rings is 1. The molecule has 1 rings (SSSR count). The highest BCUT2D eigenvalue weighted by Gasteiger charge is 2.07. The number of carbonyl (C=O) groups is 1. The first kappa shape index (κ1) is 15.5. The average molecular weight is 265 g/mol. The molecule has 5 heteroatoms. The summed E-state index contributed by atoms with van der Waals surface area (Å²) in [5.41, 5.74) is 7.09. The van der Waals surface area contributed by atoms with Gasteiger partial charge in [0.2, 0.25) is 5.91 Å². The Labute approximate surface area is 114 Å². The van der Waals surface area contributed by atoms with Crippen molar-refractivity contribution in [3.05, 3.63) is 29.8 Å². The van der Waals surface area contributed by atoms with E-state index in [9.17, 15) is 9.90 Å². The average Bonchev–Trinajstić information content (AvgIpc) is 2.38. The Bertz CT molecular complexity index is 390. The van der Waals surface area contributed by atoms with Gasteiger partial charge >= 0.3 is 0 Å². The molecule has 0 fully saturated rings. The van der Waals surface area contributed by atoms with Crippen LogP contribution in [0.4, 0.5) is 5.69 Å². The van der Waals surface area contributed by atoms with Gasteiger partial charge in [0, 0.05) is 31.2 Å². The number of carbonyl (C=O) groups excluding carboxylic acids is 1. The summed E-state index contributed by atoms with van der Waals surface area (Å²) in [4.78, 5) is 11.3. The molecule has 0 unspecified atom stereocenters. The van der Waals surface area contributed by atoms with Crippen molar-refractivity contribution in [1.29, 1.82) is 0 Å². The lowest BCUT2D eigenvalue weighted by atomic mass is 10.1. The largest absolute Gasteiger partial charge is 0.399 e. The first-order chi connectivity index (χ1) is 9.00. The molecule has 0 spiro atoms. The van der Waals surface area contributed by atoms with E-state index in [4.69, 9.17) is 5.73 Å². The maximum Gasteiger partial charge on any atom is 0.222 e. The second-order valence-electron chi connectivity index (χ2n) is 4.83. The van der Waals surface area contributed by atoms with Crippen LogP contribution in [0.3, 0.4) is 0 Å². The maximum atomic E-state index is 11.3. The standard InChI is InChI=1S/C14H23N3O2/c1-10(2)14(19)17-8-7-16-9-13(18)11-3-5-12(15)6-4-11/h3-6,10,13,16,18H,7-9,15H2,1-2H3,(H,17,19)/t13-/m0/s1. The van der Waals surface area contributed by atoms with Gasteiger partial charge < -0.3 is 21.5 Å². The Balaban J connectivity index is 2.19. The van der Waals surface area contributed by atoms with E-state index >= 15 is 0 Å². The van der Waals surface area contributed by atoms with Gasteiger partial charge in [-0.3, -0.25) is 4.79 Å². The highest BCUT2D eigenvalue weighted by molar-refractivity contribution is 5.77. The molecule has 1 atom stereocenters. The van der Waals surface area contributed by atoms with Crippen molar-refractivity contribution in [3.63, 3.8) is 0 Å². The Morgan fingerprint density at radius 3 is 2.47 bits per heavy atom. The molecular formula is C14H23N3O2. The number of aliphatic hydroxyl groups excluding tert-OH is 1. The quantitative estimate of drug-likeness (QED) is 0.431. The number of nitrogens with two attached hydrogens (primary N) is 1. The molecule has 0 aliphatic carbocycles. The van der Waals surface area contributed by atoms with Crippen LogP contribution in [0, 0.1) is 5.92 Å². The summed E-state index contributed by atoms with van der Waals surface area (Å²) in [5.74, 6) is 0.0428. The number of anilines is 1. The Kier molecular flexibility index (Phi) is 6.32. The summed E-state index contributed by atoms with van der Waals surface area (Å²) >= 11 is 0. The zero-order chi connectivity index (χ0) is 14.3. The number of aliphatic hydroxyl groups is 1. The molecule has 0 heterocycles. The second kappa shape index (κ2) is 7.76. The fourth-order valence-corrected chi connectivity index (χ4v) is 1.55. The van der Waals surface area contributed by atoms with E-state index in [1.807, 2.05) is 26.0 Å². The number of rotatable bonds is 7. The molecule has 0 aliphatic rings. The Morgan fingerprint density at radius 1 is 1.26 bits per heavy atom. The SMILES string of the molecule is CC(C)C(=O)NCCNC[C@H](O)c1ccc(N)cc1. The van der Waals surface area contributed by atoms with Gasteiger partial charge in [-0.1, -0.05) is 26.0 Å². The summed E-state index contributed by atoms with van der Waals surface area (Å²) in [5, 5.41) is 15.8. The minimum atomic E-state index is -0.568. The predicted molar refractivity (Wildman–Crippen MR) is 76.5 cm³/mol. The molecule has 106 valence electrons. The van der Waals surface area contributed by atoms with Crippen molar-refractivity contribution in [2.45, 2.75) is 20.0 Å². The molecule has 0 bridgehead atoms. The van der Waals surface area contributed by atoms with Crippen LogP contribution in [0.5, 0.6) is 0 Å². The normalized spacial score (nSPS) is 12.4. The van der Waals surface area contributed by atoms with E-state index in [2.05, 4.69) is 10.6 Å². The number of hydrogen-bond donors (Lipinski definition) is 4. The smallest absolute Gasteiger partial charge is 0.222 e. The van der Waals surface area contributed by atoms with Gasteiger partial charge in [-0.15, -0.1) is 0 Å². The van der Waals surface area contributed by atoms with Crippen molar-refractivity contribution in [1.82, 2.24) is 10.6 Å². The van der Waals surface area contributed by atoms with E-state index in [-0.39, 0.29) is 11.8 Å². The van der Waals surface area contributed by atoms with Crippen LogP contribution in [0.25, 0.3) is 0 Å². The van der Waals surface area contributed by atoms with Gasteiger partial charge in [0.25, 0.3) is 0 Å². The predicted octanol–water partition coefficient (Wildman–Crippen LogP) is 0.664. The summed E-state index contributed by atoms with van der Waals surface area (Å²) in [6, 6.07) is 7.15. The third-order valence-electron chi connectivity index (χ3n) is 2.78. The molecule has 1 amide bonds. The van der Waals surface area contributed by atoms with Crippen molar-refractivity contribution < 1.29 is 9.90 Å². The molecule has 0 aromatic heterocycles. The summed E-state index contributed by atoms with van der Waals surface area (Å²) in [7, 11) is 0. The number of hydrogen-bond acceptors (Lipinski definition) is 4. The van der Waals surface area contributed by atoms with Crippen LogP contribution in [0.2, 0.25) is 0 Å². The van der Waals surface area contributed by atoms with Crippen LogP contribution in [-0.2, 0) is 4.79 Å². The van der Waals surface area contributed by atoms with Crippen LogP contribution < -0.4 is 16.4 Å². The van der Waals surface area contributed by atoms with Crippen LogP contribution in [0.15, 0.2) is 24.3 Å². The molecular weight excluding hydrogens is 242 g/mol. The highest BCUT2D eigenvalue weighted by atomic mass is 16.3. The first-order valence-corrected chi connectivity index (χ1v) is 6.52. The highest BCUT2D eigenvalue weighted by Crippen LogP contribution is 2.13. The van der Waals surface area contributed by atoms with Crippen molar-refractivity contribution in [2.24, 2.45) is 5.92 Å². The van der Waals surface area contributed by atoms with Gasteiger partial charge in [-0.05, 0) is 17.7 Å². The molecule has 5 nitrogen and oxygen atoms in total. The van der Waals surface area contributed by atoms with E-state index in [1.165, 1.54) is 0 Å². The lowest BCUT2D eigenvalue weighted by molar-refractivity contribution is -0.123. The lowest BCUT2D eigenvalue weighted by Gasteiger charge is -2.13.